The second-order valence-corrected chi connectivity index (χ2v) is 5.46. The predicted octanol–water partition coefficient (Wildman–Crippen LogP) is 3.39. The quantitative estimate of drug-likeness (QED) is 0.895. The van der Waals surface area contributed by atoms with Crippen LogP contribution in [0.4, 0.5) is 10.5 Å². The normalized spacial score (nSPS) is 23.3. The molecule has 0 radical (unpaired) electrons. The summed E-state index contributed by atoms with van der Waals surface area (Å²) in [5.41, 5.74) is 3.84. The summed E-state index contributed by atoms with van der Waals surface area (Å²) in [7, 11) is 0. The molecule has 5 heteroatoms. The summed E-state index contributed by atoms with van der Waals surface area (Å²) in [5.74, 6) is 0. The Morgan fingerprint density at radius 3 is 2.50 bits per heavy atom. The van der Waals surface area contributed by atoms with Crippen LogP contribution >= 0.6 is 15.9 Å². The molecule has 1 aromatic rings. The van der Waals surface area contributed by atoms with Crippen LogP contribution in [0.5, 0.6) is 0 Å². The number of anilines is 1. The zero-order chi connectivity index (χ0) is 13.2. The summed E-state index contributed by atoms with van der Waals surface area (Å²) in [6.07, 6.45) is 2.80. The van der Waals surface area contributed by atoms with Gasteiger partial charge in [-0.3, -0.25) is 0 Å². The summed E-state index contributed by atoms with van der Waals surface area (Å²) in [6.45, 7) is 4.20. The zero-order valence-corrected chi connectivity index (χ0v) is 12.3. The number of carbonyl (C=O) groups excluding carboxylic acids is 1. The van der Waals surface area contributed by atoms with Crippen LogP contribution in [0.2, 0.25) is 0 Å². The molecule has 18 heavy (non-hydrogen) atoms. The van der Waals surface area contributed by atoms with Gasteiger partial charge in [-0.2, -0.15) is 0 Å². The van der Waals surface area contributed by atoms with Crippen molar-refractivity contribution < 1.29 is 4.79 Å². The molecule has 2 amide bonds. The van der Waals surface area contributed by atoms with E-state index < -0.39 is 0 Å². The SMILES string of the molecule is CCCC1(CC)NC(=O)N(c2ccc(Br)cc2)N1. The van der Waals surface area contributed by atoms with Gasteiger partial charge in [0.05, 0.1) is 5.69 Å². The summed E-state index contributed by atoms with van der Waals surface area (Å²) in [6, 6.07) is 7.59. The van der Waals surface area contributed by atoms with E-state index in [1.54, 1.807) is 5.01 Å². The Morgan fingerprint density at radius 2 is 1.94 bits per heavy atom. The van der Waals surface area contributed by atoms with E-state index in [2.05, 4.69) is 40.5 Å². The minimum atomic E-state index is -0.307. The molecular weight excluding hydrogens is 294 g/mol. The van der Waals surface area contributed by atoms with Crippen LogP contribution in [0.3, 0.4) is 0 Å². The molecule has 4 nitrogen and oxygen atoms in total. The lowest BCUT2D eigenvalue weighted by atomic mass is 10.0. The van der Waals surface area contributed by atoms with Crippen LogP contribution in [-0.4, -0.2) is 11.7 Å². The van der Waals surface area contributed by atoms with Gasteiger partial charge in [0.25, 0.3) is 0 Å². The minimum Gasteiger partial charge on any atom is -0.317 e. The molecule has 0 aliphatic carbocycles. The highest BCUT2D eigenvalue weighted by Gasteiger charge is 2.40. The fraction of sp³-hybridized carbons (Fsp3) is 0.462. The maximum atomic E-state index is 12.0. The van der Waals surface area contributed by atoms with E-state index in [0.717, 1.165) is 29.4 Å². The number of hydrazine groups is 1. The van der Waals surface area contributed by atoms with Crippen molar-refractivity contribution in [3.8, 4) is 0 Å². The molecule has 2 N–H and O–H groups in total. The Balaban J connectivity index is 2.21. The van der Waals surface area contributed by atoms with E-state index in [0.29, 0.717) is 0 Å². The van der Waals surface area contributed by atoms with Crippen molar-refractivity contribution in [2.75, 3.05) is 5.01 Å². The van der Waals surface area contributed by atoms with E-state index in [1.165, 1.54) is 0 Å². The molecule has 0 aromatic heterocycles. The molecule has 0 saturated carbocycles. The Morgan fingerprint density at radius 1 is 1.28 bits per heavy atom. The standard InChI is InChI=1S/C13H18BrN3O/c1-3-9-13(4-2)15-12(18)17(16-13)11-7-5-10(14)6-8-11/h5-8,16H,3-4,9H2,1-2H3,(H,15,18). The van der Waals surface area contributed by atoms with Crippen molar-refractivity contribution in [3.05, 3.63) is 28.7 Å². The Bertz CT molecular complexity index is 434. The average molecular weight is 312 g/mol. The first-order valence-corrected chi connectivity index (χ1v) is 7.05. The third kappa shape index (κ3) is 2.52. The maximum Gasteiger partial charge on any atom is 0.338 e. The van der Waals surface area contributed by atoms with E-state index in [9.17, 15) is 4.79 Å². The molecule has 98 valence electrons. The average Bonchev–Trinajstić information content (AvgIpc) is 2.69. The predicted molar refractivity (Wildman–Crippen MR) is 76.2 cm³/mol. The van der Waals surface area contributed by atoms with E-state index in [-0.39, 0.29) is 11.7 Å². The second kappa shape index (κ2) is 5.28. The maximum absolute atomic E-state index is 12.0. The lowest BCUT2D eigenvalue weighted by Crippen LogP contribution is -2.50. The molecule has 1 aliphatic heterocycles. The van der Waals surface area contributed by atoms with Gasteiger partial charge in [0.15, 0.2) is 0 Å². The van der Waals surface area contributed by atoms with Crippen LogP contribution in [0.15, 0.2) is 28.7 Å². The smallest absolute Gasteiger partial charge is 0.317 e. The highest BCUT2D eigenvalue weighted by molar-refractivity contribution is 9.10. The Kier molecular flexibility index (Phi) is 3.92. The lowest BCUT2D eigenvalue weighted by Gasteiger charge is -2.27. The molecule has 1 fully saturated rings. The molecule has 0 bridgehead atoms. The van der Waals surface area contributed by atoms with Gasteiger partial charge in [0, 0.05) is 4.47 Å². The van der Waals surface area contributed by atoms with Gasteiger partial charge in [-0.1, -0.05) is 36.2 Å². The molecule has 2 rings (SSSR count). The molecule has 1 heterocycles. The number of amides is 2. The number of rotatable bonds is 4. The van der Waals surface area contributed by atoms with E-state index >= 15 is 0 Å². The molecule has 1 saturated heterocycles. The fourth-order valence-corrected chi connectivity index (χ4v) is 2.48. The highest BCUT2D eigenvalue weighted by Crippen LogP contribution is 2.25. The Labute approximate surface area is 116 Å². The number of nitrogens with zero attached hydrogens (tertiary/aromatic N) is 1. The number of hydrogen-bond acceptors (Lipinski definition) is 2. The van der Waals surface area contributed by atoms with Crippen LogP contribution < -0.4 is 15.8 Å². The van der Waals surface area contributed by atoms with Crippen molar-refractivity contribution in [2.45, 2.75) is 38.8 Å². The summed E-state index contributed by atoms with van der Waals surface area (Å²) in [5, 5.41) is 4.63. The van der Waals surface area contributed by atoms with Crippen LogP contribution in [0.25, 0.3) is 0 Å². The molecule has 0 spiro atoms. The second-order valence-electron chi connectivity index (χ2n) is 4.54. The lowest BCUT2D eigenvalue weighted by molar-refractivity contribution is 0.242. The molecule has 1 atom stereocenters. The zero-order valence-electron chi connectivity index (χ0n) is 10.7. The number of halogens is 1. The summed E-state index contributed by atoms with van der Waals surface area (Å²) in [4.78, 5) is 12.0. The first-order chi connectivity index (χ1) is 8.60. The Hall–Kier alpha value is -1.07. The van der Waals surface area contributed by atoms with Crippen molar-refractivity contribution in [2.24, 2.45) is 0 Å². The highest BCUT2D eigenvalue weighted by atomic mass is 79.9. The number of benzene rings is 1. The summed E-state index contributed by atoms with van der Waals surface area (Å²) < 4.78 is 1.00. The van der Waals surface area contributed by atoms with Crippen molar-refractivity contribution in [1.29, 1.82) is 0 Å². The van der Waals surface area contributed by atoms with Crippen LogP contribution in [0.1, 0.15) is 33.1 Å². The first kappa shape index (κ1) is 13.4. The van der Waals surface area contributed by atoms with Gasteiger partial charge >= 0.3 is 6.03 Å². The third-order valence-electron chi connectivity index (χ3n) is 3.24. The van der Waals surface area contributed by atoms with Gasteiger partial charge in [-0.25, -0.2) is 15.2 Å². The molecular formula is C13H18BrN3O. The van der Waals surface area contributed by atoms with Crippen molar-refractivity contribution in [3.63, 3.8) is 0 Å². The monoisotopic (exact) mass is 311 g/mol. The van der Waals surface area contributed by atoms with Crippen molar-refractivity contribution >= 4 is 27.6 Å². The number of urea groups is 1. The fourth-order valence-electron chi connectivity index (χ4n) is 2.21. The molecule has 1 aromatic carbocycles. The van der Waals surface area contributed by atoms with Crippen LogP contribution in [0, 0.1) is 0 Å². The molecule has 1 unspecified atom stereocenters. The van der Waals surface area contributed by atoms with Gasteiger partial charge in [-0.05, 0) is 37.1 Å². The minimum absolute atomic E-state index is 0.0902. The third-order valence-corrected chi connectivity index (χ3v) is 3.77. The van der Waals surface area contributed by atoms with E-state index in [4.69, 9.17) is 0 Å². The van der Waals surface area contributed by atoms with Gasteiger partial charge in [0.2, 0.25) is 0 Å². The number of carbonyl (C=O) groups is 1. The summed E-state index contributed by atoms with van der Waals surface area (Å²) >= 11 is 3.39. The topological polar surface area (TPSA) is 44.4 Å². The molecule has 1 aliphatic rings. The van der Waals surface area contributed by atoms with Crippen LogP contribution in [-0.2, 0) is 0 Å². The number of nitrogens with one attached hydrogen (secondary N) is 2. The van der Waals surface area contributed by atoms with E-state index in [1.807, 2.05) is 24.3 Å². The van der Waals surface area contributed by atoms with Gasteiger partial charge in [-0.15, -0.1) is 0 Å². The van der Waals surface area contributed by atoms with Crippen molar-refractivity contribution in [1.82, 2.24) is 10.7 Å². The first-order valence-electron chi connectivity index (χ1n) is 6.26. The van der Waals surface area contributed by atoms with Gasteiger partial charge < -0.3 is 5.32 Å². The number of hydrogen-bond donors (Lipinski definition) is 2. The largest absolute Gasteiger partial charge is 0.338 e. The van der Waals surface area contributed by atoms with Gasteiger partial charge in [0.1, 0.15) is 5.66 Å².